The number of Topliss-reactive ketones (excluding diaryl/α,β-unsaturated/α-hetero) is 1. The average Bonchev–Trinajstić information content (AvgIpc) is 2.31. The molecule has 18 heavy (non-hydrogen) atoms. The van der Waals surface area contributed by atoms with Gasteiger partial charge in [0.2, 0.25) is 0 Å². The first-order valence-electron chi connectivity index (χ1n) is 5.52. The van der Waals surface area contributed by atoms with Gasteiger partial charge in [-0.25, -0.2) is 4.39 Å². The van der Waals surface area contributed by atoms with Gasteiger partial charge in [-0.2, -0.15) is 5.26 Å². The van der Waals surface area contributed by atoms with Crippen molar-refractivity contribution in [2.75, 3.05) is 5.32 Å². The first-order chi connectivity index (χ1) is 8.34. The standard InChI is InChI=1S/C14H15FN2O/c1-14(2,3)13(18)10(8-16)9-17-12-6-4-11(15)5-7-12/h4-7,9,17H,1-3H3/b10-9-. The van der Waals surface area contributed by atoms with Gasteiger partial charge in [0.1, 0.15) is 17.5 Å². The molecule has 0 aliphatic heterocycles. The Morgan fingerprint density at radius 2 is 1.89 bits per heavy atom. The number of hydrogen-bond acceptors (Lipinski definition) is 3. The molecule has 0 bridgehead atoms. The van der Waals surface area contributed by atoms with Crippen molar-refractivity contribution < 1.29 is 9.18 Å². The molecule has 0 amide bonds. The molecule has 0 spiro atoms. The Hall–Kier alpha value is -2.15. The Bertz CT molecular complexity index is 504. The van der Waals surface area contributed by atoms with E-state index in [1.165, 1.54) is 30.5 Å². The average molecular weight is 246 g/mol. The molecule has 0 saturated carbocycles. The van der Waals surface area contributed by atoms with E-state index in [4.69, 9.17) is 5.26 Å². The minimum absolute atomic E-state index is 0.0480. The monoisotopic (exact) mass is 246 g/mol. The molecule has 1 rings (SSSR count). The highest BCUT2D eigenvalue weighted by Crippen LogP contribution is 2.19. The summed E-state index contributed by atoms with van der Waals surface area (Å²) in [4.78, 5) is 11.9. The van der Waals surface area contributed by atoms with E-state index < -0.39 is 5.41 Å². The molecular formula is C14H15FN2O. The molecule has 0 radical (unpaired) electrons. The summed E-state index contributed by atoms with van der Waals surface area (Å²) in [6.07, 6.45) is 1.35. The van der Waals surface area contributed by atoms with Gasteiger partial charge in [-0.3, -0.25) is 4.79 Å². The summed E-state index contributed by atoms with van der Waals surface area (Å²) in [5.41, 5.74) is 0.0594. The van der Waals surface area contributed by atoms with Crippen LogP contribution in [0.4, 0.5) is 10.1 Å². The lowest BCUT2D eigenvalue weighted by atomic mass is 9.87. The SMILES string of the molecule is CC(C)(C)C(=O)/C(C#N)=C\Nc1ccc(F)cc1. The third-order valence-corrected chi connectivity index (χ3v) is 2.27. The topological polar surface area (TPSA) is 52.9 Å². The fourth-order valence-corrected chi connectivity index (χ4v) is 1.25. The van der Waals surface area contributed by atoms with Crippen LogP contribution >= 0.6 is 0 Å². The van der Waals surface area contributed by atoms with Crippen LogP contribution in [-0.4, -0.2) is 5.78 Å². The molecular weight excluding hydrogens is 231 g/mol. The van der Waals surface area contributed by atoms with Crippen LogP contribution < -0.4 is 5.32 Å². The van der Waals surface area contributed by atoms with Crippen molar-refractivity contribution >= 4 is 11.5 Å². The molecule has 0 aliphatic carbocycles. The van der Waals surface area contributed by atoms with Crippen molar-refractivity contribution in [3.05, 3.63) is 41.9 Å². The van der Waals surface area contributed by atoms with Crippen molar-refractivity contribution in [3.8, 4) is 6.07 Å². The minimum Gasteiger partial charge on any atom is -0.360 e. The van der Waals surface area contributed by atoms with Crippen molar-refractivity contribution in [2.45, 2.75) is 20.8 Å². The van der Waals surface area contributed by atoms with E-state index in [1.54, 1.807) is 20.8 Å². The van der Waals surface area contributed by atoms with Crippen LogP contribution in [0.3, 0.4) is 0 Å². The van der Waals surface area contributed by atoms with Crippen molar-refractivity contribution in [1.82, 2.24) is 0 Å². The van der Waals surface area contributed by atoms with Crippen LogP contribution in [0.1, 0.15) is 20.8 Å². The number of rotatable bonds is 3. The predicted molar refractivity (Wildman–Crippen MR) is 68.2 cm³/mol. The van der Waals surface area contributed by atoms with Gasteiger partial charge in [0, 0.05) is 17.3 Å². The third kappa shape index (κ3) is 3.70. The third-order valence-electron chi connectivity index (χ3n) is 2.27. The minimum atomic E-state index is -0.605. The summed E-state index contributed by atoms with van der Waals surface area (Å²) in [7, 11) is 0. The van der Waals surface area contributed by atoms with Crippen LogP contribution in [-0.2, 0) is 4.79 Å². The zero-order valence-corrected chi connectivity index (χ0v) is 10.6. The molecule has 94 valence electrons. The Morgan fingerprint density at radius 1 is 1.33 bits per heavy atom. The summed E-state index contributed by atoms with van der Waals surface area (Å²) >= 11 is 0. The fourth-order valence-electron chi connectivity index (χ4n) is 1.25. The summed E-state index contributed by atoms with van der Waals surface area (Å²) in [5, 5.41) is 11.7. The van der Waals surface area contributed by atoms with Crippen molar-refractivity contribution in [3.63, 3.8) is 0 Å². The molecule has 1 aromatic rings. The number of nitriles is 1. The zero-order valence-electron chi connectivity index (χ0n) is 10.6. The van der Waals surface area contributed by atoms with Crippen LogP contribution in [0, 0.1) is 22.6 Å². The molecule has 0 atom stereocenters. The summed E-state index contributed by atoms with van der Waals surface area (Å²) in [6.45, 7) is 5.25. The molecule has 1 aromatic carbocycles. The molecule has 0 fully saturated rings. The lowest BCUT2D eigenvalue weighted by molar-refractivity contribution is -0.122. The highest BCUT2D eigenvalue weighted by Gasteiger charge is 2.24. The van der Waals surface area contributed by atoms with Crippen LogP contribution in [0.25, 0.3) is 0 Å². The second kappa shape index (κ2) is 5.46. The second-order valence-electron chi connectivity index (χ2n) is 4.90. The number of allylic oxidation sites excluding steroid dienone is 1. The quantitative estimate of drug-likeness (QED) is 0.658. The number of ketones is 1. The van der Waals surface area contributed by atoms with Crippen LogP contribution in [0.5, 0.6) is 0 Å². The van der Waals surface area contributed by atoms with Gasteiger partial charge in [0.15, 0.2) is 5.78 Å². The number of benzene rings is 1. The number of nitrogens with one attached hydrogen (secondary N) is 1. The maximum Gasteiger partial charge on any atom is 0.180 e. The summed E-state index contributed by atoms with van der Waals surface area (Å²) in [5.74, 6) is -0.574. The van der Waals surface area contributed by atoms with E-state index in [9.17, 15) is 9.18 Å². The number of nitrogens with zero attached hydrogens (tertiary/aromatic N) is 1. The van der Waals surface area contributed by atoms with E-state index in [1.807, 2.05) is 6.07 Å². The molecule has 1 N–H and O–H groups in total. The summed E-state index contributed by atoms with van der Waals surface area (Å²) in [6, 6.07) is 7.52. The highest BCUT2D eigenvalue weighted by molar-refractivity contribution is 6.02. The Balaban J connectivity index is 2.85. The van der Waals surface area contributed by atoms with Gasteiger partial charge in [-0.15, -0.1) is 0 Å². The number of halogens is 1. The predicted octanol–water partition coefficient (Wildman–Crippen LogP) is 3.26. The van der Waals surface area contributed by atoms with Gasteiger partial charge >= 0.3 is 0 Å². The van der Waals surface area contributed by atoms with Gasteiger partial charge in [0.05, 0.1) is 0 Å². The van der Waals surface area contributed by atoms with E-state index in [-0.39, 0.29) is 17.2 Å². The Labute approximate surface area is 106 Å². The molecule has 0 aliphatic rings. The maximum atomic E-state index is 12.7. The molecule has 0 unspecified atom stereocenters. The smallest absolute Gasteiger partial charge is 0.180 e. The number of carbonyl (C=O) groups is 1. The van der Waals surface area contributed by atoms with Gasteiger partial charge in [0.25, 0.3) is 0 Å². The molecule has 0 aromatic heterocycles. The van der Waals surface area contributed by atoms with Gasteiger partial charge in [-0.05, 0) is 24.3 Å². The lowest BCUT2D eigenvalue weighted by Gasteiger charge is -2.15. The fraction of sp³-hybridized carbons (Fsp3) is 0.286. The van der Waals surface area contributed by atoms with Crippen molar-refractivity contribution in [2.24, 2.45) is 5.41 Å². The lowest BCUT2D eigenvalue weighted by Crippen LogP contribution is -2.22. The summed E-state index contributed by atoms with van der Waals surface area (Å²) < 4.78 is 12.7. The van der Waals surface area contributed by atoms with E-state index in [2.05, 4.69) is 5.32 Å². The first kappa shape index (κ1) is 13.9. The molecule has 3 nitrogen and oxygen atoms in total. The zero-order chi connectivity index (χ0) is 13.8. The van der Waals surface area contributed by atoms with E-state index in [0.29, 0.717) is 5.69 Å². The Kier molecular flexibility index (Phi) is 4.22. The largest absolute Gasteiger partial charge is 0.360 e. The molecule has 0 saturated heterocycles. The van der Waals surface area contributed by atoms with Gasteiger partial charge < -0.3 is 5.32 Å². The van der Waals surface area contributed by atoms with Gasteiger partial charge in [-0.1, -0.05) is 20.8 Å². The van der Waals surface area contributed by atoms with E-state index >= 15 is 0 Å². The van der Waals surface area contributed by atoms with Crippen molar-refractivity contribution in [1.29, 1.82) is 5.26 Å². The maximum absolute atomic E-state index is 12.7. The number of anilines is 1. The normalized spacial score (nSPS) is 11.8. The second-order valence-corrected chi connectivity index (χ2v) is 4.90. The van der Waals surface area contributed by atoms with E-state index in [0.717, 1.165) is 0 Å². The number of carbonyl (C=O) groups excluding carboxylic acids is 1. The number of hydrogen-bond donors (Lipinski definition) is 1. The highest BCUT2D eigenvalue weighted by atomic mass is 19.1. The van der Waals surface area contributed by atoms with Crippen LogP contribution in [0.2, 0.25) is 0 Å². The Morgan fingerprint density at radius 3 is 2.33 bits per heavy atom. The van der Waals surface area contributed by atoms with Crippen LogP contribution in [0.15, 0.2) is 36.0 Å². The molecule has 0 heterocycles. The molecule has 4 heteroatoms. The first-order valence-corrected chi connectivity index (χ1v) is 5.52.